The van der Waals surface area contributed by atoms with Gasteiger partial charge in [0.25, 0.3) is 0 Å². The van der Waals surface area contributed by atoms with Crippen LogP contribution in [0, 0.1) is 17.2 Å². The van der Waals surface area contributed by atoms with E-state index in [2.05, 4.69) is 21.3 Å². The Balaban J connectivity index is 1.76. The van der Waals surface area contributed by atoms with Gasteiger partial charge in [-0.15, -0.1) is 0 Å². The maximum atomic E-state index is 8.84. The Bertz CT molecular complexity index is 565. The third-order valence-corrected chi connectivity index (χ3v) is 4.12. The molecule has 0 aromatic heterocycles. The number of ether oxygens (including phenoxy) is 2. The molecule has 0 radical (unpaired) electrons. The second kappa shape index (κ2) is 9.91. The molecule has 1 saturated heterocycles. The Hall–Kier alpha value is -2.10. The molecule has 6 heteroatoms. The first-order chi connectivity index (χ1) is 11.8. The van der Waals surface area contributed by atoms with Crippen molar-refractivity contribution < 1.29 is 9.47 Å². The molecule has 1 aromatic carbocycles. The van der Waals surface area contributed by atoms with E-state index in [4.69, 9.17) is 14.7 Å². The second-order valence-electron chi connectivity index (χ2n) is 5.88. The molecule has 0 saturated carbocycles. The van der Waals surface area contributed by atoms with E-state index >= 15 is 0 Å². The maximum absolute atomic E-state index is 8.84. The van der Waals surface area contributed by atoms with Crippen molar-refractivity contribution >= 4 is 5.96 Å². The number of rotatable bonds is 7. The molecule has 1 aliphatic heterocycles. The van der Waals surface area contributed by atoms with E-state index in [1.807, 2.05) is 31.3 Å². The minimum Gasteiger partial charge on any atom is -0.382 e. The van der Waals surface area contributed by atoms with Gasteiger partial charge in [-0.1, -0.05) is 12.1 Å². The highest BCUT2D eigenvalue weighted by Gasteiger charge is 2.24. The zero-order valence-electron chi connectivity index (χ0n) is 14.5. The first-order valence-electron chi connectivity index (χ1n) is 8.28. The SMILES string of the molecule is CN=C(NCc1ccc(C#N)cc1)N1CCC(COCCOC)C1. The van der Waals surface area contributed by atoms with Crippen molar-refractivity contribution in [3.05, 3.63) is 35.4 Å². The molecule has 1 heterocycles. The number of likely N-dealkylation sites (tertiary alicyclic amines) is 1. The van der Waals surface area contributed by atoms with Gasteiger partial charge in [0, 0.05) is 39.7 Å². The lowest BCUT2D eigenvalue weighted by molar-refractivity contribution is 0.0536. The fourth-order valence-corrected chi connectivity index (χ4v) is 2.76. The predicted molar refractivity (Wildman–Crippen MR) is 93.7 cm³/mol. The monoisotopic (exact) mass is 330 g/mol. The molecule has 1 aromatic rings. The smallest absolute Gasteiger partial charge is 0.193 e. The zero-order valence-corrected chi connectivity index (χ0v) is 14.5. The van der Waals surface area contributed by atoms with Gasteiger partial charge >= 0.3 is 0 Å². The highest BCUT2D eigenvalue weighted by Crippen LogP contribution is 2.16. The molecule has 2 rings (SSSR count). The predicted octanol–water partition coefficient (Wildman–Crippen LogP) is 1.62. The van der Waals surface area contributed by atoms with Crippen molar-refractivity contribution in [3.8, 4) is 6.07 Å². The average Bonchev–Trinajstić information content (AvgIpc) is 3.08. The highest BCUT2D eigenvalue weighted by molar-refractivity contribution is 5.80. The van der Waals surface area contributed by atoms with E-state index in [1.165, 1.54) is 0 Å². The van der Waals surface area contributed by atoms with Gasteiger partial charge in [-0.25, -0.2) is 0 Å². The summed E-state index contributed by atoms with van der Waals surface area (Å²) in [5.74, 6) is 1.45. The molecule has 0 amide bonds. The van der Waals surface area contributed by atoms with Crippen LogP contribution in [0.5, 0.6) is 0 Å². The van der Waals surface area contributed by atoms with Crippen LogP contribution >= 0.6 is 0 Å². The molecule has 1 fully saturated rings. The summed E-state index contributed by atoms with van der Waals surface area (Å²) < 4.78 is 10.6. The number of hydrogen-bond donors (Lipinski definition) is 1. The van der Waals surface area contributed by atoms with Gasteiger partial charge in [0.05, 0.1) is 31.5 Å². The molecule has 1 atom stereocenters. The van der Waals surface area contributed by atoms with Crippen LogP contribution in [0.2, 0.25) is 0 Å². The Morgan fingerprint density at radius 2 is 2.17 bits per heavy atom. The molecule has 0 aliphatic carbocycles. The summed E-state index contributed by atoms with van der Waals surface area (Å²) in [5, 5.41) is 12.2. The van der Waals surface area contributed by atoms with Crippen molar-refractivity contribution in [2.24, 2.45) is 10.9 Å². The second-order valence-corrected chi connectivity index (χ2v) is 5.88. The molecule has 130 valence electrons. The van der Waals surface area contributed by atoms with Crippen LogP contribution in [0.3, 0.4) is 0 Å². The largest absolute Gasteiger partial charge is 0.382 e. The normalized spacial score (nSPS) is 17.8. The summed E-state index contributed by atoms with van der Waals surface area (Å²) >= 11 is 0. The molecule has 1 N–H and O–H groups in total. The molecule has 0 bridgehead atoms. The van der Waals surface area contributed by atoms with E-state index in [0.29, 0.717) is 31.2 Å². The summed E-state index contributed by atoms with van der Waals surface area (Å²) in [5.41, 5.74) is 1.81. The average molecular weight is 330 g/mol. The van der Waals surface area contributed by atoms with Gasteiger partial charge in [0.1, 0.15) is 0 Å². The number of hydrogen-bond acceptors (Lipinski definition) is 4. The number of nitriles is 1. The molecule has 1 aliphatic rings. The lowest BCUT2D eigenvalue weighted by Gasteiger charge is -2.21. The first-order valence-corrected chi connectivity index (χ1v) is 8.28. The van der Waals surface area contributed by atoms with Crippen LogP contribution in [-0.4, -0.2) is 57.9 Å². The van der Waals surface area contributed by atoms with Gasteiger partial charge in [-0.2, -0.15) is 5.26 Å². The minimum absolute atomic E-state index is 0.537. The Morgan fingerprint density at radius 1 is 1.38 bits per heavy atom. The quantitative estimate of drug-likeness (QED) is 0.467. The summed E-state index contributed by atoms with van der Waals surface area (Å²) in [7, 11) is 3.49. The van der Waals surface area contributed by atoms with Crippen molar-refractivity contribution in [2.75, 3.05) is 47.1 Å². The number of methoxy groups -OCH3 is 1. The van der Waals surface area contributed by atoms with Gasteiger partial charge in [0.15, 0.2) is 5.96 Å². The van der Waals surface area contributed by atoms with Crippen LogP contribution in [0.1, 0.15) is 17.5 Å². The third kappa shape index (κ3) is 5.52. The molecule has 6 nitrogen and oxygen atoms in total. The van der Waals surface area contributed by atoms with E-state index in [0.717, 1.165) is 37.6 Å². The van der Waals surface area contributed by atoms with Gasteiger partial charge in [-0.3, -0.25) is 4.99 Å². The van der Waals surface area contributed by atoms with Crippen LogP contribution in [0.15, 0.2) is 29.3 Å². The van der Waals surface area contributed by atoms with Crippen LogP contribution in [0.4, 0.5) is 0 Å². The summed E-state index contributed by atoms with van der Waals surface area (Å²) in [4.78, 5) is 6.65. The van der Waals surface area contributed by atoms with Crippen molar-refractivity contribution in [2.45, 2.75) is 13.0 Å². The summed E-state index contributed by atoms with van der Waals surface area (Å²) in [6.07, 6.45) is 1.12. The lowest BCUT2D eigenvalue weighted by atomic mass is 10.1. The summed E-state index contributed by atoms with van der Waals surface area (Å²) in [6, 6.07) is 9.74. The van der Waals surface area contributed by atoms with E-state index in [-0.39, 0.29) is 0 Å². The fourth-order valence-electron chi connectivity index (χ4n) is 2.76. The molecule has 1 unspecified atom stereocenters. The van der Waals surface area contributed by atoms with Crippen molar-refractivity contribution in [3.63, 3.8) is 0 Å². The zero-order chi connectivity index (χ0) is 17.2. The Labute approximate surface area is 144 Å². The lowest BCUT2D eigenvalue weighted by Crippen LogP contribution is -2.39. The molecule has 24 heavy (non-hydrogen) atoms. The number of benzene rings is 1. The highest BCUT2D eigenvalue weighted by atomic mass is 16.5. The van der Waals surface area contributed by atoms with Crippen molar-refractivity contribution in [1.29, 1.82) is 5.26 Å². The van der Waals surface area contributed by atoms with Crippen LogP contribution in [-0.2, 0) is 16.0 Å². The Kier molecular flexibility index (Phi) is 7.53. The third-order valence-electron chi connectivity index (χ3n) is 4.12. The van der Waals surface area contributed by atoms with Crippen LogP contribution in [0.25, 0.3) is 0 Å². The van der Waals surface area contributed by atoms with E-state index < -0.39 is 0 Å². The number of nitrogens with zero attached hydrogens (tertiary/aromatic N) is 3. The topological polar surface area (TPSA) is 69.9 Å². The van der Waals surface area contributed by atoms with E-state index in [1.54, 1.807) is 7.11 Å². The minimum atomic E-state index is 0.537. The molecular weight excluding hydrogens is 304 g/mol. The van der Waals surface area contributed by atoms with E-state index in [9.17, 15) is 0 Å². The molecular formula is C18H26N4O2. The first kappa shape index (κ1) is 18.2. The van der Waals surface area contributed by atoms with Crippen LogP contribution < -0.4 is 5.32 Å². The summed E-state index contributed by atoms with van der Waals surface area (Å²) in [6.45, 7) is 4.71. The number of aliphatic imine (C=N–C) groups is 1. The van der Waals surface area contributed by atoms with Crippen molar-refractivity contribution in [1.82, 2.24) is 10.2 Å². The standard InChI is InChI=1S/C18H26N4O2/c1-20-18(21-12-16-5-3-15(11-19)4-6-16)22-8-7-17(13-22)14-24-10-9-23-2/h3-6,17H,7-10,12-14H2,1-2H3,(H,20,21). The van der Waals surface area contributed by atoms with Gasteiger partial charge in [0.2, 0.25) is 0 Å². The maximum Gasteiger partial charge on any atom is 0.193 e. The number of nitrogens with one attached hydrogen (secondary N) is 1. The Morgan fingerprint density at radius 3 is 2.83 bits per heavy atom. The van der Waals surface area contributed by atoms with Gasteiger partial charge in [-0.05, 0) is 24.1 Å². The molecule has 0 spiro atoms. The van der Waals surface area contributed by atoms with Gasteiger partial charge < -0.3 is 19.7 Å². The number of guanidine groups is 1. The fraction of sp³-hybridized carbons (Fsp3) is 0.556.